The van der Waals surface area contributed by atoms with Gasteiger partial charge >= 0.3 is 0 Å². The Morgan fingerprint density at radius 2 is 2.00 bits per heavy atom. The van der Waals surface area contributed by atoms with Crippen molar-refractivity contribution in [3.8, 4) is 5.75 Å². The Bertz CT molecular complexity index is 686. The van der Waals surface area contributed by atoms with E-state index in [1.165, 1.54) is 80.9 Å². The van der Waals surface area contributed by atoms with Crippen molar-refractivity contribution in [2.45, 2.75) is 76.9 Å². The van der Waals surface area contributed by atoms with Gasteiger partial charge in [0.1, 0.15) is 5.75 Å². The van der Waals surface area contributed by atoms with E-state index >= 15 is 0 Å². The highest BCUT2D eigenvalue weighted by atomic mass is 16.5. The Balaban J connectivity index is 1.50. The van der Waals surface area contributed by atoms with Crippen LogP contribution in [-0.2, 0) is 6.42 Å². The van der Waals surface area contributed by atoms with E-state index < -0.39 is 0 Å². The Morgan fingerprint density at radius 3 is 2.84 bits per heavy atom. The van der Waals surface area contributed by atoms with Gasteiger partial charge in [-0.15, -0.1) is 0 Å². The number of nitrogens with zero attached hydrogens (tertiary/aromatic N) is 1. The fraction of sp³-hybridized carbons (Fsp3) is 0.636. The minimum absolute atomic E-state index is 0.420. The molecule has 1 unspecified atom stereocenters. The number of H-pyrrole nitrogens is 1. The molecular weight excluding hydrogens is 308 g/mol. The van der Waals surface area contributed by atoms with Crippen molar-refractivity contribution in [2.75, 3.05) is 13.1 Å². The van der Waals surface area contributed by atoms with Crippen LogP contribution in [0.3, 0.4) is 0 Å². The van der Waals surface area contributed by atoms with Crippen LogP contribution in [0.5, 0.6) is 5.75 Å². The summed E-state index contributed by atoms with van der Waals surface area (Å²) in [4.78, 5) is 6.15. The molecule has 1 aliphatic carbocycles. The van der Waals surface area contributed by atoms with E-state index in [2.05, 4.69) is 41.2 Å². The van der Waals surface area contributed by atoms with Gasteiger partial charge in [-0.2, -0.15) is 0 Å². The molecule has 2 aliphatic rings. The lowest BCUT2D eigenvalue weighted by Gasteiger charge is -2.24. The molecule has 3 nitrogen and oxygen atoms in total. The van der Waals surface area contributed by atoms with E-state index in [1.54, 1.807) is 0 Å². The van der Waals surface area contributed by atoms with Gasteiger partial charge in [-0.1, -0.05) is 13.3 Å². The molecule has 1 aromatic carbocycles. The maximum atomic E-state index is 6.29. The zero-order valence-corrected chi connectivity index (χ0v) is 15.6. The molecule has 2 aromatic rings. The fourth-order valence-electron chi connectivity index (χ4n) is 4.74. The van der Waals surface area contributed by atoms with E-state index in [9.17, 15) is 0 Å². The summed E-state index contributed by atoms with van der Waals surface area (Å²) < 4.78 is 6.29. The number of benzene rings is 1. The lowest BCUT2D eigenvalue weighted by atomic mass is 9.98. The number of likely N-dealkylation sites (tertiary alicyclic amines) is 1. The molecule has 1 saturated carbocycles. The van der Waals surface area contributed by atoms with Crippen molar-refractivity contribution >= 4 is 10.9 Å². The van der Waals surface area contributed by atoms with Crippen molar-refractivity contribution in [1.82, 2.24) is 9.88 Å². The molecule has 4 rings (SSSR count). The molecule has 136 valence electrons. The van der Waals surface area contributed by atoms with E-state index in [4.69, 9.17) is 4.74 Å². The molecule has 0 radical (unpaired) electrons. The van der Waals surface area contributed by atoms with Crippen LogP contribution in [0.15, 0.2) is 24.4 Å². The number of aromatic nitrogens is 1. The van der Waals surface area contributed by atoms with Crippen molar-refractivity contribution in [3.05, 3.63) is 30.0 Å². The summed E-state index contributed by atoms with van der Waals surface area (Å²) >= 11 is 0. The zero-order chi connectivity index (χ0) is 17.1. The molecule has 1 atom stereocenters. The van der Waals surface area contributed by atoms with Gasteiger partial charge in [0.15, 0.2) is 0 Å². The molecule has 2 fully saturated rings. The zero-order valence-electron chi connectivity index (χ0n) is 15.6. The summed E-state index contributed by atoms with van der Waals surface area (Å²) in [6, 6.07) is 7.31. The second-order valence-electron chi connectivity index (χ2n) is 7.94. The predicted molar refractivity (Wildman–Crippen MR) is 104 cm³/mol. The first-order chi connectivity index (χ1) is 12.3. The first-order valence-electron chi connectivity index (χ1n) is 10.3. The van der Waals surface area contributed by atoms with E-state index in [0.717, 1.165) is 12.2 Å². The van der Waals surface area contributed by atoms with Crippen molar-refractivity contribution < 1.29 is 4.74 Å². The van der Waals surface area contributed by atoms with E-state index in [0.29, 0.717) is 12.1 Å². The van der Waals surface area contributed by atoms with Gasteiger partial charge in [0, 0.05) is 23.1 Å². The number of fused-ring (bicyclic) bond motifs is 1. The highest BCUT2D eigenvalue weighted by Gasteiger charge is 2.24. The topological polar surface area (TPSA) is 28.3 Å². The summed E-state index contributed by atoms with van der Waals surface area (Å²) in [6.45, 7) is 4.80. The molecule has 1 saturated heterocycles. The van der Waals surface area contributed by atoms with Gasteiger partial charge < -0.3 is 14.6 Å². The maximum absolute atomic E-state index is 6.29. The molecule has 1 aromatic heterocycles. The quantitative estimate of drug-likeness (QED) is 0.773. The fourth-order valence-corrected chi connectivity index (χ4v) is 4.74. The van der Waals surface area contributed by atoms with Crippen LogP contribution < -0.4 is 4.74 Å². The highest BCUT2D eigenvalue weighted by molar-refractivity contribution is 5.84. The average molecular weight is 341 g/mol. The third-order valence-corrected chi connectivity index (χ3v) is 6.06. The minimum Gasteiger partial charge on any atom is -0.490 e. The molecule has 0 amide bonds. The van der Waals surface area contributed by atoms with Crippen LogP contribution in [0.1, 0.15) is 63.9 Å². The van der Waals surface area contributed by atoms with Gasteiger partial charge in [-0.25, -0.2) is 0 Å². The maximum Gasteiger partial charge on any atom is 0.120 e. The van der Waals surface area contributed by atoms with Crippen molar-refractivity contribution in [2.24, 2.45) is 0 Å². The first-order valence-corrected chi connectivity index (χ1v) is 10.3. The van der Waals surface area contributed by atoms with Gasteiger partial charge in [-0.05, 0) is 88.2 Å². The van der Waals surface area contributed by atoms with Gasteiger partial charge in [-0.3, -0.25) is 0 Å². The smallest absolute Gasteiger partial charge is 0.120 e. The number of hydrogen-bond acceptors (Lipinski definition) is 2. The number of aromatic amines is 1. The molecule has 2 heterocycles. The molecule has 0 spiro atoms. The summed E-state index contributed by atoms with van der Waals surface area (Å²) in [5.41, 5.74) is 2.70. The van der Waals surface area contributed by atoms with Crippen LogP contribution in [0, 0.1) is 0 Å². The Morgan fingerprint density at radius 1 is 1.12 bits per heavy atom. The SMILES string of the molecule is CCCN1CCCC1Cc1c[nH]c2ccc(OC3CCCCC3)cc12. The molecule has 1 N–H and O–H groups in total. The lowest BCUT2D eigenvalue weighted by molar-refractivity contribution is 0.155. The van der Waals surface area contributed by atoms with Crippen LogP contribution in [0.2, 0.25) is 0 Å². The van der Waals surface area contributed by atoms with E-state index in [-0.39, 0.29) is 0 Å². The second-order valence-corrected chi connectivity index (χ2v) is 7.94. The largest absolute Gasteiger partial charge is 0.490 e. The molecule has 3 heteroatoms. The summed E-state index contributed by atoms with van der Waals surface area (Å²) in [7, 11) is 0. The van der Waals surface area contributed by atoms with Gasteiger partial charge in [0.05, 0.1) is 6.10 Å². The molecule has 0 bridgehead atoms. The monoisotopic (exact) mass is 340 g/mol. The number of hydrogen-bond donors (Lipinski definition) is 1. The van der Waals surface area contributed by atoms with Gasteiger partial charge in [0.2, 0.25) is 0 Å². The molecule has 25 heavy (non-hydrogen) atoms. The normalized spacial score (nSPS) is 22.7. The third-order valence-electron chi connectivity index (χ3n) is 6.06. The average Bonchev–Trinajstić information content (AvgIpc) is 3.24. The molecular formula is C22H32N2O. The summed E-state index contributed by atoms with van der Waals surface area (Å²) in [5, 5.41) is 1.36. The van der Waals surface area contributed by atoms with Crippen LogP contribution in [0.25, 0.3) is 10.9 Å². The Kier molecular flexibility index (Phi) is 5.30. The number of rotatable bonds is 6. The third kappa shape index (κ3) is 3.87. The Hall–Kier alpha value is -1.48. The summed E-state index contributed by atoms with van der Waals surface area (Å²) in [6.07, 6.45) is 14.2. The number of ether oxygens (including phenoxy) is 1. The highest BCUT2D eigenvalue weighted by Crippen LogP contribution is 2.30. The predicted octanol–water partition coefficient (Wildman–Crippen LogP) is 5.30. The first kappa shape index (κ1) is 17.0. The summed E-state index contributed by atoms with van der Waals surface area (Å²) in [5.74, 6) is 1.05. The second kappa shape index (κ2) is 7.82. The minimum atomic E-state index is 0.420. The van der Waals surface area contributed by atoms with Gasteiger partial charge in [0.25, 0.3) is 0 Å². The Labute approximate surface area is 151 Å². The lowest BCUT2D eigenvalue weighted by Crippen LogP contribution is -2.31. The molecule has 1 aliphatic heterocycles. The standard InChI is InChI=1S/C22H32N2O/c1-2-12-24-13-6-7-18(24)14-17-16-23-22-11-10-20(15-21(17)22)25-19-8-4-3-5-9-19/h10-11,15-16,18-19,23H,2-9,12-14H2,1H3. The van der Waals surface area contributed by atoms with Crippen LogP contribution >= 0.6 is 0 Å². The van der Waals surface area contributed by atoms with Crippen LogP contribution in [-0.4, -0.2) is 35.1 Å². The van der Waals surface area contributed by atoms with E-state index in [1.807, 2.05) is 0 Å². The van der Waals surface area contributed by atoms with Crippen molar-refractivity contribution in [1.29, 1.82) is 0 Å². The number of nitrogens with one attached hydrogen (secondary N) is 1. The van der Waals surface area contributed by atoms with Crippen LogP contribution in [0.4, 0.5) is 0 Å². The van der Waals surface area contributed by atoms with Crippen molar-refractivity contribution in [3.63, 3.8) is 0 Å².